The van der Waals surface area contributed by atoms with Gasteiger partial charge in [0.2, 0.25) is 0 Å². The van der Waals surface area contributed by atoms with Gasteiger partial charge in [0, 0.05) is 10.6 Å². The van der Waals surface area contributed by atoms with Gasteiger partial charge in [-0.25, -0.2) is 4.79 Å². The van der Waals surface area contributed by atoms with Crippen LogP contribution in [0.5, 0.6) is 0 Å². The largest absolute Gasteiger partial charge is 0.465 e. The molecule has 0 aliphatic rings. The van der Waals surface area contributed by atoms with Crippen molar-refractivity contribution in [1.82, 2.24) is 0 Å². The molecule has 2 aromatic carbocycles. The summed E-state index contributed by atoms with van der Waals surface area (Å²) in [6.45, 7) is 0. The van der Waals surface area contributed by atoms with Crippen LogP contribution in [0.25, 0.3) is 11.1 Å². The summed E-state index contributed by atoms with van der Waals surface area (Å²) in [4.78, 5) is 10.7. The van der Waals surface area contributed by atoms with Crippen LogP contribution in [-0.4, -0.2) is 11.2 Å². The van der Waals surface area contributed by atoms with E-state index in [9.17, 15) is 18.0 Å². The molecule has 110 valence electrons. The topological polar surface area (TPSA) is 49.3 Å². The fraction of sp³-hybridized carbons (Fsp3) is 0.0714. The van der Waals surface area contributed by atoms with Crippen molar-refractivity contribution in [2.45, 2.75) is 6.18 Å². The summed E-state index contributed by atoms with van der Waals surface area (Å²) in [5, 5.41) is 11.2. The molecule has 0 aliphatic carbocycles. The molecule has 0 spiro atoms. The minimum absolute atomic E-state index is 0.0535. The predicted molar refractivity (Wildman–Crippen MR) is 73.5 cm³/mol. The second-order valence-corrected chi connectivity index (χ2v) is 4.64. The Kier molecular flexibility index (Phi) is 4.09. The number of amides is 1. The lowest BCUT2D eigenvalue weighted by molar-refractivity contribution is -0.137. The van der Waals surface area contributed by atoms with Crippen LogP contribution < -0.4 is 5.32 Å². The summed E-state index contributed by atoms with van der Waals surface area (Å²) < 4.78 is 38.4. The van der Waals surface area contributed by atoms with E-state index in [0.717, 1.165) is 18.2 Å². The minimum atomic E-state index is -4.52. The number of nitrogens with one attached hydrogen (secondary N) is 1. The molecule has 0 radical (unpaired) electrons. The molecule has 0 aliphatic heterocycles. The Morgan fingerprint density at radius 3 is 2.43 bits per heavy atom. The van der Waals surface area contributed by atoms with Crippen molar-refractivity contribution >= 4 is 23.4 Å². The second kappa shape index (κ2) is 5.65. The fourth-order valence-corrected chi connectivity index (χ4v) is 2.03. The van der Waals surface area contributed by atoms with Crippen LogP contribution in [-0.2, 0) is 6.18 Å². The third-order valence-electron chi connectivity index (χ3n) is 2.72. The van der Waals surface area contributed by atoms with Crippen LogP contribution in [0, 0.1) is 0 Å². The van der Waals surface area contributed by atoms with Crippen molar-refractivity contribution < 1.29 is 23.1 Å². The van der Waals surface area contributed by atoms with Gasteiger partial charge in [0.05, 0.1) is 11.3 Å². The minimum Gasteiger partial charge on any atom is -0.465 e. The van der Waals surface area contributed by atoms with Crippen molar-refractivity contribution in [3.05, 3.63) is 53.1 Å². The highest BCUT2D eigenvalue weighted by atomic mass is 35.5. The Labute approximate surface area is 123 Å². The SMILES string of the molecule is O=C(O)Nc1ccc(C(F)(F)F)cc1-c1cccc(Cl)c1. The number of hydrogen-bond donors (Lipinski definition) is 2. The lowest BCUT2D eigenvalue weighted by Gasteiger charge is -2.14. The molecule has 1 amide bonds. The predicted octanol–water partition coefficient (Wildman–Crippen LogP) is 5.12. The molecule has 2 rings (SSSR count). The van der Waals surface area contributed by atoms with Crippen molar-refractivity contribution in [1.29, 1.82) is 0 Å². The first-order valence-electron chi connectivity index (χ1n) is 5.74. The van der Waals surface area contributed by atoms with E-state index in [-0.39, 0.29) is 11.3 Å². The van der Waals surface area contributed by atoms with Crippen molar-refractivity contribution in [3.63, 3.8) is 0 Å². The maximum atomic E-state index is 12.8. The van der Waals surface area contributed by atoms with E-state index in [1.54, 1.807) is 18.2 Å². The van der Waals surface area contributed by atoms with Gasteiger partial charge < -0.3 is 5.11 Å². The number of benzene rings is 2. The molecule has 0 unspecified atom stereocenters. The Balaban J connectivity index is 2.60. The number of carboxylic acid groups (broad SMARTS) is 1. The van der Waals surface area contributed by atoms with Gasteiger partial charge in [0.25, 0.3) is 0 Å². The standard InChI is InChI=1S/C14H9ClF3NO2/c15-10-3-1-2-8(6-10)11-7-9(14(16,17)18)4-5-12(11)19-13(20)21/h1-7,19H,(H,20,21). The van der Waals surface area contributed by atoms with Crippen molar-refractivity contribution in [2.75, 3.05) is 5.32 Å². The number of halogens is 4. The zero-order valence-corrected chi connectivity index (χ0v) is 11.2. The van der Waals surface area contributed by atoms with E-state index >= 15 is 0 Å². The third-order valence-corrected chi connectivity index (χ3v) is 2.96. The number of anilines is 1. The van der Waals surface area contributed by atoms with E-state index < -0.39 is 17.8 Å². The van der Waals surface area contributed by atoms with Crippen LogP contribution >= 0.6 is 11.6 Å². The highest BCUT2D eigenvalue weighted by Gasteiger charge is 2.31. The zero-order chi connectivity index (χ0) is 15.6. The van der Waals surface area contributed by atoms with Crippen molar-refractivity contribution in [3.8, 4) is 11.1 Å². The highest BCUT2D eigenvalue weighted by Crippen LogP contribution is 2.36. The molecule has 0 saturated heterocycles. The Bertz CT molecular complexity index is 686. The fourth-order valence-electron chi connectivity index (χ4n) is 1.84. The highest BCUT2D eigenvalue weighted by molar-refractivity contribution is 6.30. The smallest absolute Gasteiger partial charge is 0.416 e. The summed E-state index contributed by atoms with van der Waals surface area (Å²) in [7, 11) is 0. The lowest BCUT2D eigenvalue weighted by Crippen LogP contribution is -2.10. The molecule has 3 nitrogen and oxygen atoms in total. The number of carbonyl (C=O) groups is 1. The van der Waals surface area contributed by atoms with Crippen molar-refractivity contribution in [2.24, 2.45) is 0 Å². The molecule has 0 atom stereocenters. The maximum absolute atomic E-state index is 12.8. The Morgan fingerprint density at radius 1 is 1.14 bits per heavy atom. The first-order valence-corrected chi connectivity index (χ1v) is 6.12. The molecule has 2 N–H and O–H groups in total. The zero-order valence-electron chi connectivity index (χ0n) is 10.4. The molecule has 0 bridgehead atoms. The van der Waals surface area contributed by atoms with E-state index in [0.29, 0.717) is 10.6 Å². The lowest BCUT2D eigenvalue weighted by atomic mass is 10.0. The van der Waals surface area contributed by atoms with Crippen LogP contribution in [0.1, 0.15) is 5.56 Å². The Hall–Kier alpha value is -2.21. The quantitative estimate of drug-likeness (QED) is 0.808. The van der Waals surface area contributed by atoms with Gasteiger partial charge in [-0.15, -0.1) is 0 Å². The second-order valence-electron chi connectivity index (χ2n) is 4.20. The molecule has 0 saturated carbocycles. The summed E-state index contributed by atoms with van der Waals surface area (Å²) in [6.07, 6.45) is -5.88. The summed E-state index contributed by atoms with van der Waals surface area (Å²) >= 11 is 5.82. The van der Waals surface area contributed by atoms with Gasteiger partial charge in [0.15, 0.2) is 0 Å². The molecule has 0 fully saturated rings. The molecule has 2 aromatic rings. The summed E-state index contributed by atoms with van der Waals surface area (Å²) in [6, 6.07) is 8.94. The van der Waals surface area contributed by atoms with Crippen LogP contribution in [0.4, 0.5) is 23.7 Å². The number of rotatable bonds is 2. The van der Waals surface area contributed by atoms with Gasteiger partial charge in [-0.1, -0.05) is 23.7 Å². The first-order chi connectivity index (χ1) is 9.77. The molecule has 0 heterocycles. The number of alkyl halides is 3. The third kappa shape index (κ3) is 3.66. The normalized spacial score (nSPS) is 11.2. The maximum Gasteiger partial charge on any atom is 0.416 e. The average molecular weight is 316 g/mol. The monoisotopic (exact) mass is 315 g/mol. The van der Waals surface area contributed by atoms with E-state index in [2.05, 4.69) is 5.32 Å². The molecule has 7 heteroatoms. The molecular formula is C14H9ClF3NO2. The van der Waals surface area contributed by atoms with E-state index in [4.69, 9.17) is 16.7 Å². The average Bonchev–Trinajstić information content (AvgIpc) is 2.37. The van der Waals surface area contributed by atoms with Gasteiger partial charge >= 0.3 is 12.3 Å². The molecule has 0 aromatic heterocycles. The van der Waals surface area contributed by atoms with E-state index in [1.807, 2.05) is 0 Å². The Morgan fingerprint density at radius 2 is 1.86 bits per heavy atom. The van der Waals surface area contributed by atoms with Gasteiger partial charge in [0.1, 0.15) is 0 Å². The first kappa shape index (κ1) is 15.2. The van der Waals surface area contributed by atoms with Crippen LogP contribution in [0.2, 0.25) is 5.02 Å². The number of hydrogen-bond acceptors (Lipinski definition) is 1. The van der Waals surface area contributed by atoms with Gasteiger partial charge in [-0.05, 0) is 35.9 Å². The summed E-state index contributed by atoms with van der Waals surface area (Å²) in [5.74, 6) is 0. The summed E-state index contributed by atoms with van der Waals surface area (Å²) in [5.41, 5.74) is -0.321. The molecule has 21 heavy (non-hydrogen) atoms. The van der Waals surface area contributed by atoms with Gasteiger partial charge in [-0.3, -0.25) is 5.32 Å². The van der Waals surface area contributed by atoms with Gasteiger partial charge in [-0.2, -0.15) is 13.2 Å². The van der Waals surface area contributed by atoms with Crippen LogP contribution in [0.15, 0.2) is 42.5 Å². The van der Waals surface area contributed by atoms with E-state index in [1.165, 1.54) is 6.07 Å². The van der Waals surface area contributed by atoms with Crippen LogP contribution in [0.3, 0.4) is 0 Å². The molecular weight excluding hydrogens is 307 g/mol.